The van der Waals surface area contributed by atoms with E-state index in [0.717, 1.165) is 37.1 Å². The molecule has 0 saturated carbocycles. The second-order valence-corrected chi connectivity index (χ2v) is 6.63. The molecule has 1 unspecified atom stereocenters. The molecule has 1 aliphatic heterocycles. The molecule has 6 heteroatoms. The predicted molar refractivity (Wildman–Crippen MR) is 107 cm³/mol. The van der Waals surface area contributed by atoms with Crippen LogP contribution in [0, 0.1) is 0 Å². The maximum atomic E-state index is 5.97. The molecule has 1 saturated heterocycles. The van der Waals surface area contributed by atoms with Crippen LogP contribution in [-0.2, 0) is 0 Å². The Kier molecular flexibility index (Phi) is 9.10. The van der Waals surface area contributed by atoms with E-state index in [9.17, 15) is 0 Å². The topological polar surface area (TPSA) is 58.1 Å². The van der Waals surface area contributed by atoms with Crippen molar-refractivity contribution < 1.29 is 9.47 Å². The van der Waals surface area contributed by atoms with Crippen LogP contribution in [0.15, 0.2) is 29.3 Å². The van der Waals surface area contributed by atoms with E-state index in [1.807, 2.05) is 31.2 Å². The van der Waals surface area contributed by atoms with Crippen LogP contribution >= 0.6 is 0 Å². The number of nitrogens with one attached hydrogen (secondary N) is 2. The Morgan fingerprint density at radius 2 is 1.88 bits per heavy atom. The molecule has 1 fully saturated rings. The molecule has 2 rings (SSSR count). The van der Waals surface area contributed by atoms with Gasteiger partial charge in [0.05, 0.1) is 13.7 Å². The predicted octanol–water partition coefficient (Wildman–Crippen LogP) is 2.50. The first kappa shape index (κ1) is 20.4. The summed E-state index contributed by atoms with van der Waals surface area (Å²) in [6, 6.07) is 7.70. The first-order valence-electron chi connectivity index (χ1n) is 9.77. The number of hydrogen-bond donors (Lipinski definition) is 2. The van der Waals surface area contributed by atoms with Gasteiger partial charge in [0.1, 0.15) is 6.10 Å². The Balaban J connectivity index is 1.79. The minimum atomic E-state index is -0.0381. The van der Waals surface area contributed by atoms with E-state index >= 15 is 0 Å². The molecular weight excluding hydrogens is 328 g/mol. The van der Waals surface area contributed by atoms with Crippen LogP contribution < -0.4 is 20.1 Å². The summed E-state index contributed by atoms with van der Waals surface area (Å²) in [5, 5.41) is 6.73. The van der Waals surface area contributed by atoms with Crippen LogP contribution in [0.2, 0.25) is 0 Å². The van der Waals surface area contributed by atoms with Crippen molar-refractivity contribution in [1.29, 1.82) is 0 Å². The van der Waals surface area contributed by atoms with Gasteiger partial charge in [-0.25, -0.2) is 4.99 Å². The van der Waals surface area contributed by atoms with Crippen LogP contribution in [0.1, 0.15) is 33.1 Å². The van der Waals surface area contributed by atoms with E-state index in [4.69, 9.17) is 9.47 Å². The highest BCUT2D eigenvalue weighted by Gasteiger charge is 2.10. The van der Waals surface area contributed by atoms with Crippen LogP contribution in [0.25, 0.3) is 0 Å². The average molecular weight is 363 g/mol. The fraction of sp³-hybridized carbons (Fsp3) is 0.650. The summed E-state index contributed by atoms with van der Waals surface area (Å²) in [7, 11) is 1.65. The molecule has 1 aromatic rings. The number of benzene rings is 1. The number of para-hydroxylation sites is 2. The van der Waals surface area contributed by atoms with E-state index in [-0.39, 0.29) is 6.10 Å². The lowest BCUT2D eigenvalue weighted by Crippen LogP contribution is -2.43. The second-order valence-electron chi connectivity index (χ2n) is 6.63. The Labute approximate surface area is 158 Å². The number of guanidine groups is 1. The first-order valence-corrected chi connectivity index (χ1v) is 9.77. The largest absolute Gasteiger partial charge is 0.493 e. The summed E-state index contributed by atoms with van der Waals surface area (Å²) in [6.45, 7) is 9.95. The van der Waals surface area contributed by atoms with E-state index < -0.39 is 0 Å². The van der Waals surface area contributed by atoms with Crippen LogP contribution in [-0.4, -0.2) is 63.3 Å². The van der Waals surface area contributed by atoms with E-state index in [0.29, 0.717) is 6.54 Å². The van der Waals surface area contributed by atoms with Gasteiger partial charge >= 0.3 is 0 Å². The lowest BCUT2D eigenvalue weighted by molar-refractivity contribution is 0.219. The third-order valence-electron chi connectivity index (χ3n) is 4.42. The van der Waals surface area contributed by atoms with Gasteiger partial charge in [0, 0.05) is 19.6 Å². The summed E-state index contributed by atoms with van der Waals surface area (Å²) < 4.78 is 11.3. The van der Waals surface area contributed by atoms with Crippen molar-refractivity contribution in [3.63, 3.8) is 0 Å². The van der Waals surface area contributed by atoms with E-state index in [1.165, 1.54) is 32.4 Å². The van der Waals surface area contributed by atoms with Crippen LogP contribution in [0.5, 0.6) is 11.5 Å². The molecule has 26 heavy (non-hydrogen) atoms. The normalized spacial score (nSPS) is 16.8. The van der Waals surface area contributed by atoms with Crippen molar-refractivity contribution >= 4 is 5.96 Å². The molecule has 0 aromatic heterocycles. The molecule has 0 spiro atoms. The summed E-state index contributed by atoms with van der Waals surface area (Å²) >= 11 is 0. The number of aliphatic imine (C=N–C) groups is 1. The zero-order valence-electron chi connectivity index (χ0n) is 16.5. The molecule has 0 bridgehead atoms. The fourth-order valence-corrected chi connectivity index (χ4v) is 3.05. The van der Waals surface area contributed by atoms with Crippen molar-refractivity contribution in [2.45, 2.75) is 39.2 Å². The summed E-state index contributed by atoms with van der Waals surface area (Å²) in [6.07, 6.45) is 3.99. The van der Waals surface area contributed by atoms with Gasteiger partial charge in [-0.05, 0) is 51.9 Å². The molecule has 2 N–H and O–H groups in total. The minimum Gasteiger partial charge on any atom is -0.493 e. The Morgan fingerprint density at radius 1 is 1.15 bits per heavy atom. The lowest BCUT2D eigenvalue weighted by Gasteiger charge is -2.26. The molecule has 146 valence electrons. The Morgan fingerprint density at radius 3 is 2.58 bits per heavy atom. The van der Waals surface area contributed by atoms with Gasteiger partial charge < -0.3 is 25.0 Å². The van der Waals surface area contributed by atoms with E-state index in [1.54, 1.807) is 7.11 Å². The molecule has 1 heterocycles. The van der Waals surface area contributed by atoms with Gasteiger partial charge in [-0.1, -0.05) is 18.6 Å². The number of hydrogen-bond acceptors (Lipinski definition) is 4. The number of rotatable bonds is 9. The van der Waals surface area contributed by atoms with Crippen molar-refractivity contribution in [3.8, 4) is 11.5 Å². The molecule has 1 atom stereocenters. The summed E-state index contributed by atoms with van der Waals surface area (Å²) in [5.41, 5.74) is 0. The Hall–Kier alpha value is -1.95. The van der Waals surface area contributed by atoms with Crippen LogP contribution in [0.3, 0.4) is 0 Å². The van der Waals surface area contributed by atoms with Crippen LogP contribution in [0.4, 0.5) is 0 Å². The lowest BCUT2D eigenvalue weighted by atomic mass is 10.1. The highest BCUT2D eigenvalue weighted by atomic mass is 16.5. The SMILES string of the molecule is CCNC(=NCC(C)Oc1ccccc1OC)NCCN1CCCCC1. The maximum absolute atomic E-state index is 5.97. The monoisotopic (exact) mass is 362 g/mol. The molecule has 1 aromatic carbocycles. The third kappa shape index (κ3) is 7.12. The molecule has 1 aliphatic rings. The van der Waals surface area contributed by atoms with Gasteiger partial charge in [-0.15, -0.1) is 0 Å². The second kappa shape index (κ2) is 11.6. The Bertz CT molecular complexity index is 544. The average Bonchev–Trinajstić information content (AvgIpc) is 2.67. The molecular formula is C20H34N4O2. The number of nitrogens with zero attached hydrogens (tertiary/aromatic N) is 2. The standard InChI is InChI=1S/C20H34N4O2/c1-4-21-20(22-12-15-24-13-8-5-9-14-24)23-16-17(2)26-19-11-7-6-10-18(19)25-3/h6-7,10-11,17H,4-5,8-9,12-16H2,1-3H3,(H2,21,22,23). The minimum absolute atomic E-state index is 0.0381. The quantitative estimate of drug-likeness (QED) is 0.522. The zero-order chi connectivity index (χ0) is 18.6. The molecule has 0 radical (unpaired) electrons. The fourth-order valence-electron chi connectivity index (χ4n) is 3.05. The number of likely N-dealkylation sites (tertiary alicyclic amines) is 1. The summed E-state index contributed by atoms with van der Waals surface area (Å²) in [4.78, 5) is 7.18. The number of piperidine rings is 1. The molecule has 0 amide bonds. The van der Waals surface area contributed by atoms with Crippen molar-refractivity contribution in [3.05, 3.63) is 24.3 Å². The third-order valence-corrected chi connectivity index (χ3v) is 4.42. The van der Waals surface area contributed by atoms with Crippen molar-refractivity contribution in [2.24, 2.45) is 4.99 Å². The van der Waals surface area contributed by atoms with E-state index in [2.05, 4.69) is 27.4 Å². The van der Waals surface area contributed by atoms with Gasteiger partial charge in [0.2, 0.25) is 0 Å². The smallest absolute Gasteiger partial charge is 0.191 e. The maximum Gasteiger partial charge on any atom is 0.191 e. The van der Waals surface area contributed by atoms with Crippen molar-refractivity contribution in [1.82, 2.24) is 15.5 Å². The highest BCUT2D eigenvalue weighted by Crippen LogP contribution is 2.26. The van der Waals surface area contributed by atoms with Gasteiger partial charge in [-0.3, -0.25) is 0 Å². The highest BCUT2D eigenvalue weighted by molar-refractivity contribution is 5.79. The first-order chi connectivity index (χ1) is 12.7. The van der Waals surface area contributed by atoms with Gasteiger partial charge in [0.15, 0.2) is 17.5 Å². The van der Waals surface area contributed by atoms with Gasteiger partial charge in [0.25, 0.3) is 0 Å². The van der Waals surface area contributed by atoms with Crippen molar-refractivity contribution in [2.75, 3.05) is 46.4 Å². The summed E-state index contributed by atoms with van der Waals surface area (Å²) in [5.74, 6) is 2.34. The molecule has 0 aliphatic carbocycles. The molecule has 6 nitrogen and oxygen atoms in total. The van der Waals surface area contributed by atoms with Gasteiger partial charge in [-0.2, -0.15) is 0 Å². The number of ether oxygens (including phenoxy) is 2. The number of methoxy groups -OCH3 is 1. The zero-order valence-corrected chi connectivity index (χ0v) is 16.5.